The summed E-state index contributed by atoms with van der Waals surface area (Å²) in [5.41, 5.74) is 4.08. The molecule has 0 saturated heterocycles. The number of hydrogen-bond donors (Lipinski definition) is 0. The summed E-state index contributed by atoms with van der Waals surface area (Å²) in [5.74, 6) is 0.115. The minimum atomic E-state index is -0.770. The molecule has 160 valence electrons. The number of allylic oxidation sites excluding steroid dienone is 1. The lowest BCUT2D eigenvalue weighted by Crippen LogP contribution is -2.25. The number of esters is 1. The normalized spacial score (nSPS) is 12.6. The van der Waals surface area contributed by atoms with Crippen LogP contribution in [0.3, 0.4) is 0 Å². The molecule has 32 heavy (non-hydrogen) atoms. The Bertz CT molecular complexity index is 1600. The number of fused-ring (bicyclic) bond motifs is 5. The maximum absolute atomic E-state index is 13.5. The largest absolute Gasteiger partial charge is 0.479 e. The molecule has 0 aliphatic heterocycles. The topological polar surface area (TPSA) is 69.9 Å². The number of nitrogens with zero attached hydrogens (tertiary/aromatic N) is 2. The van der Waals surface area contributed by atoms with Gasteiger partial charge in [0.05, 0.1) is 23.7 Å². The molecule has 0 spiro atoms. The van der Waals surface area contributed by atoms with Crippen molar-refractivity contribution in [1.82, 2.24) is 9.38 Å². The minimum Gasteiger partial charge on any atom is -0.479 e. The third kappa shape index (κ3) is 2.83. The van der Waals surface area contributed by atoms with Crippen LogP contribution >= 0.6 is 0 Å². The van der Waals surface area contributed by atoms with Gasteiger partial charge in [0, 0.05) is 33.3 Å². The van der Waals surface area contributed by atoms with E-state index in [1.807, 2.05) is 49.4 Å². The molecule has 5 aromatic rings. The summed E-state index contributed by atoms with van der Waals surface area (Å²) in [6, 6.07) is 13.1. The Hall–Kier alpha value is -3.93. The van der Waals surface area contributed by atoms with Gasteiger partial charge < -0.3 is 9.47 Å². The van der Waals surface area contributed by atoms with Crippen molar-refractivity contribution < 1.29 is 14.3 Å². The van der Waals surface area contributed by atoms with Gasteiger partial charge in [-0.05, 0) is 44.5 Å². The molecule has 0 N–H and O–H groups in total. The van der Waals surface area contributed by atoms with E-state index in [0.717, 1.165) is 43.8 Å². The predicted molar refractivity (Wildman–Crippen MR) is 126 cm³/mol. The monoisotopic (exact) mass is 426 g/mol. The van der Waals surface area contributed by atoms with Crippen molar-refractivity contribution in [2.45, 2.75) is 26.4 Å². The molecule has 0 aliphatic carbocycles. The SMILES string of the molecule is C=C(C)Cc1c(O[C@@H](C)C(=O)OC)ccc2c1c1ccnc3c4ccccc4c(=O)n2c13. The van der Waals surface area contributed by atoms with Crippen LogP contribution in [-0.2, 0) is 16.0 Å². The van der Waals surface area contributed by atoms with E-state index in [1.54, 1.807) is 17.5 Å². The summed E-state index contributed by atoms with van der Waals surface area (Å²) in [5, 5.41) is 3.27. The van der Waals surface area contributed by atoms with Crippen molar-refractivity contribution >= 4 is 44.1 Å². The van der Waals surface area contributed by atoms with Gasteiger partial charge in [0.1, 0.15) is 5.75 Å². The second kappa shape index (κ2) is 7.34. The number of aromatic nitrogens is 2. The molecule has 0 aliphatic rings. The first-order valence-corrected chi connectivity index (χ1v) is 10.4. The quantitative estimate of drug-likeness (QED) is 0.232. The maximum atomic E-state index is 13.5. The summed E-state index contributed by atoms with van der Waals surface area (Å²) < 4.78 is 12.6. The molecule has 0 saturated carbocycles. The van der Waals surface area contributed by atoms with Crippen LogP contribution in [0.2, 0.25) is 0 Å². The fraction of sp³-hybridized carbons (Fsp3) is 0.192. The molecule has 0 unspecified atom stereocenters. The van der Waals surface area contributed by atoms with Crippen LogP contribution in [0.5, 0.6) is 5.75 Å². The highest BCUT2D eigenvalue weighted by atomic mass is 16.6. The molecule has 3 heterocycles. The van der Waals surface area contributed by atoms with E-state index in [-0.39, 0.29) is 5.56 Å². The van der Waals surface area contributed by atoms with Gasteiger partial charge in [-0.15, -0.1) is 0 Å². The van der Waals surface area contributed by atoms with E-state index >= 15 is 0 Å². The third-order valence-electron chi connectivity index (χ3n) is 5.84. The number of pyridine rings is 2. The summed E-state index contributed by atoms with van der Waals surface area (Å²) in [4.78, 5) is 30.1. The van der Waals surface area contributed by atoms with Crippen LogP contribution < -0.4 is 10.3 Å². The van der Waals surface area contributed by atoms with Crippen molar-refractivity contribution in [3.63, 3.8) is 0 Å². The fourth-order valence-corrected chi connectivity index (χ4v) is 4.50. The van der Waals surface area contributed by atoms with Gasteiger partial charge in [-0.3, -0.25) is 14.2 Å². The molecular formula is C26H22N2O4. The first-order chi connectivity index (χ1) is 15.4. The first-order valence-electron chi connectivity index (χ1n) is 10.4. The zero-order valence-corrected chi connectivity index (χ0v) is 18.1. The lowest BCUT2D eigenvalue weighted by atomic mass is 9.99. The van der Waals surface area contributed by atoms with E-state index < -0.39 is 12.1 Å². The van der Waals surface area contributed by atoms with Crippen LogP contribution in [0.25, 0.3) is 38.1 Å². The Morgan fingerprint density at radius 3 is 2.59 bits per heavy atom. The van der Waals surface area contributed by atoms with Crippen molar-refractivity contribution in [3.8, 4) is 5.75 Å². The van der Waals surface area contributed by atoms with Crippen LogP contribution in [0.4, 0.5) is 0 Å². The fourth-order valence-electron chi connectivity index (χ4n) is 4.50. The zero-order chi connectivity index (χ0) is 22.6. The highest BCUT2D eigenvalue weighted by Crippen LogP contribution is 2.39. The summed E-state index contributed by atoms with van der Waals surface area (Å²) in [6.45, 7) is 7.67. The van der Waals surface area contributed by atoms with E-state index in [2.05, 4.69) is 11.6 Å². The molecular weight excluding hydrogens is 404 g/mol. The van der Waals surface area contributed by atoms with Crippen LogP contribution in [0.15, 0.2) is 65.6 Å². The Balaban J connectivity index is 1.93. The maximum Gasteiger partial charge on any atom is 0.346 e. The molecule has 6 nitrogen and oxygen atoms in total. The lowest BCUT2D eigenvalue weighted by Gasteiger charge is -2.17. The average Bonchev–Trinajstić information content (AvgIpc) is 3.13. The van der Waals surface area contributed by atoms with E-state index in [0.29, 0.717) is 17.6 Å². The first kappa shape index (κ1) is 20.0. The van der Waals surface area contributed by atoms with E-state index in [4.69, 9.17) is 9.47 Å². The molecule has 5 rings (SSSR count). The number of ether oxygens (including phenoxy) is 2. The van der Waals surface area contributed by atoms with Gasteiger partial charge in [-0.2, -0.15) is 0 Å². The summed E-state index contributed by atoms with van der Waals surface area (Å²) >= 11 is 0. The Labute approximate surface area is 184 Å². The molecule has 3 aromatic heterocycles. The molecule has 6 heteroatoms. The van der Waals surface area contributed by atoms with Crippen LogP contribution in [-0.4, -0.2) is 28.6 Å². The van der Waals surface area contributed by atoms with Crippen molar-refractivity contribution in [2.75, 3.05) is 7.11 Å². The Morgan fingerprint density at radius 1 is 1.12 bits per heavy atom. The Morgan fingerprint density at radius 2 is 1.88 bits per heavy atom. The molecule has 2 aromatic carbocycles. The van der Waals surface area contributed by atoms with Gasteiger partial charge in [0.15, 0.2) is 6.10 Å². The van der Waals surface area contributed by atoms with Crippen LogP contribution in [0.1, 0.15) is 19.4 Å². The van der Waals surface area contributed by atoms with Crippen molar-refractivity contribution in [2.24, 2.45) is 0 Å². The standard InChI is InChI=1S/C26H22N2O4/c1-14(2)13-19-21(32-15(3)26(30)31-4)10-9-20-22(19)18-11-12-27-23-16-7-5-6-8-17(16)25(29)28(20)24(18)23/h5-12,15H,1,13H2,2-4H3/t15-/m0/s1. The van der Waals surface area contributed by atoms with Gasteiger partial charge in [0.2, 0.25) is 0 Å². The minimum absolute atomic E-state index is 0.0843. The van der Waals surface area contributed by atoms with Crippen LogP contribution in [0, 0.1) is 0 Å². The summed E-state index contributed by atoms with van der Waals surface area (Å²) in [7, 11) is 1.33. The zero-order valence-electron chi connectivity index (χ0n) is 18.1. The Kier molecular flexibility index (Phi) is 4.59. The van der Waals surface area contributed by atoms with Gasteiger partial charge in [-0.1, -0.05) is 30.4 Å². The lowest BCUT2D eigenvalue weighted by molar-refractivity contribution is -0.147. The van der Waals surface area contributed by atoms with Gasteiger partial charge >= 0.3 is 5.97 Å². The number of methoxy groups -OCH3 is 1. The molecule has 0 fully saturated rings. The number of carbonyl (C=O) groups excluding carboxylic acids is 1. The van der Waals surface area contributed by atoms with Gasteiger partial charge in [0.25, 0.3) is 5.56 Å². The predicted octanol–water partition coefficient (Wildman–Crippen LogP) is 4.65. The number of carbonyl (C=O) groups is 1. The molecule has 0 radical (unpaired) electrons. The molecule has 1 atom stereocenters. The number of rotatable bonds is 5. The second-order valence-corrected chi connectivity index (χ2v) is 8.10. The number of hydrogen-bond acceptors (Lipinski definition) is 5. The third-order valence-corrected chi connectivity index (χ3v) is 5.84. The summed E-state index contributed by atoms with van der Waals surface area (Å²) in [6.07, 6.45) is 1.54. The molecule has 0 bridgehead atoms. The van der Waals surface area contributed by atoms with E-state index in [1.165, 1.54) is 7.11 Å². The van der Waals surface area contributed by atoms with Gasteiger partial charge in [-0.25, -0.2) is 4.79 Å². The number of benzene rings is 2. The smallest absolute Gasteiger partial charge is 0.346 e. The highest BCUT2D eigenvalue weighted by Gasteiger charge is 2.23. The van der Waals surface area contributed by atoms with Crippen molar-refractivity contribution in [1.29, 1.82) is 0 Å². The van der Waals surface area contributed by atoms with E-state index in [9.17, 15) is 9.59 Å². The highest BCUT2D eigenvalue weighted by molar-refractivity contribution is 6.19. The molecule has 0 amide bonds. The van der Waals surface area contributed by atoms with Crippen molar-refractivity contribution in [3.05, 3.63) is 76.7 Å². The second-order valence-electron chi connectivity index (χ2n) is 8.10. The average molecular weight is 426 g/mol.